The normalized spacial score (nSPS) is 11.3. The van der Waals surface area contributed by atoms with Gasteiger partial charge in [0, 0.05) is 34.1 Å². The SMILES string of the molecule is CCC(C)(CC)c1ccc(N(c2ccccc2)c2ccc(N(c3ccccc3)c3ccc(C)cc3)cc2)cc1. The van der Waals surface area contributed by atoms with Gasteiger partial charge in [-0.05, 0) is 104 Å². The summed E-state index contributed by atoms with van der Waals surface area (Å²) in [5.74, 6) is 0. The first-order valence-electron chi connectivity index (χ1n) is 14.0. The lowest BCUT2D eigenvalue weighted by Crippen LogP contribution is -2.19. The van der Waals surface area contributed by atoms with E-state index in [-0.39, 0.29) is 5.41 Å². The molecule has 0 atom stereocenters. The van der Waals surface area contributed by atoms with Crippen LogP contribution in [0.4, 0.5) is 34.1 Å². The van der Waals surface area contributed by atoms with Crippen molar-refractivity contribution < 1.29 is 0 Å². The van der Waals surface area contributed by atoms with Gasteiger partial charge in [-0.1, -0.05) is 87.0 Å². The molecule has 0 heterocycles. The second kappa shape index (κ2) is 11.6. The van der Waals surface area contributed by atoms with Gasteiger partial charge in [0.05, 0.1) is 0 Å². The van der Waals surface area contributed by atoms with Gasteiger partial charge in [-0.15, -0.1) is 0 Å². The van der Waals surface area contributed by atoms with Gasteiger partial charge in [0.2, 0.25) is 0 Å². The Balaban J connectivity index is 1.54. The van der Waals surface area contributed by atoms with Crippen LogP contribution in [0.5, 0.6) is 0 Å². The van der Waals surface area contributed by atoms with Gasteiger partial charge in [-0.2, -0.15) is 0 Å². The van der Waals surface area contributed by atoms with E-state index in [1.54, 1.807) is 0 Å². The number of para-hydroxylation sites is 2. The lowest BCUT2D eigenvalue weighted by atomic mass is 9.78. The summed E-state index contributed by atoms with van der Waals surface area (Å²) in [4.78, 5) is 4.64. The molecule has 0 saturated carbocycles. The molecule has 0 aliphatic carbocycles. The van der Waals surface area contributed by atoms with Gasteiger partial charge in [-0.3, -0.25) is 0 Å². The van der Waals surface area contributed by atoms with Crippen molar-refractivity contribution in [3.05, 3.63) is 145 Å². The Kier molecular flexibility index (Phi) is 7.84. The third-order valence-corrected chi connectivity index (χ3v) is 8.07. The van der Waals surface area contributed by atoms with Crippen molar-refractivity contribution in [2.24, 2.45) is 0 Å². The Morgan fingerprint density at radius 2 is 0.744 bits per heavy atom. The molecule has 0 aliphatic rings. The molecule has 0 spiro atoms. The van der Waals surface area contributed by atoms with Gasteiger partial charge in [0.25, 0.3) is 0 Å². The van der Waals surface area contributed by atoms with Crippen molar-refractivity contribution in [2.75, 3.05) is 9.80 Å². The Morgan fingerprint density at radius 3 is 1.10 bits per heavy atom. The fourth-order valence-corrected chi connectivity index (χ4v) is 5.16. The fraction of sp³-hybridized carbons (Fsp3) is 0.189. The number of nitrogens with zero attached hydrogens (tertiary/aromatic N) is 2. The van der Waals surface area contributed by atoms with Gasteiger partial charge >= 0.3 is 0 Å². The summed E-state index contributed by atoms with van der Waals surface area (Å²) < 4.78 is 0. The summed E-state index contributed by atoms with van der Waals surface area (Å²) in [5, 5.41) is 0. The van der Waals surface area contributed by atoms with Crippen LogP contribution in [0.1, 0.15) is 44.7 Å². The molecule has 0 amide bonds. The van der Waals surface area contributed by atoms with Crippen LogP contribution in [0.25, 0.3) is 0 Å². The first-order chi connectivity index (χ1) is 19.0. The summed E-state index contributed by atoms with van der Waals surface area (Å²) in [7, 11) is 0. The largest absolute Gasteiger partial charge is 0.311 e. The predicted molar refractivity (Wildman–Crippen MR) is 168 cm³/mol. The molecule has 0 aliphatic heterocycles. The lowest BCUT2D eigenvalue weighted by Gasteiger charge is -2.30. The number of hydrogen-bond acceptors (Lipinski definition) is 2. The summed E-state index contributed by atoms with van der Waals surface area (Å²) in [6, 6.07) is 47.9. The van der Waals surface area contributed by atoms with Crippen molar-refractivity contribution in [3.63, 3.8) is 0 Å². The number of rotatable bonds is 9. The Morgan fingerprint density at radius 1 is 0.436 bits per heavy atom. The highest BCUT2D eigenvalue weighted by molar-refractivity contribution is 5.81. The number of benzene rings is 5. The molecule has 0 unspecified atom stereocenters. The van der Waals surface area contributed by atoms with Crippen LogP contribution in [0, 0.1) is 6.92 Å². The van der Waals surface area contributed by atoms with Gasteiger partial charge in [0.1, 0.15) is 0 Å². The van der Waals surface area contributed by atoms with Crippen LogP contribution in [0.15, 0.2) is 133 Å². The monoisotopic (exact) mass is 510 g/mol. The smallest absolute Gasteiger partial charge is 0.0463 e. The average molecular weight is 511 g/mol. The molecule has 0 aromatic heterocycles. The molecule has 5 rings (SSSR count). The molecular weight excluding hydrogens is 472 g/mol. The molecule has 0 fully saturated rings. The fourth-order valence-electron chi connectivity index (χ4n) is 5.16. The first-order valence-corrected chi connectivity index (χ1v) is 14.0. The second-order valence-electron chi connectivity index (χ2n) is 10.5. The topological polar surface area (TPSA) is 6.48 Å². The van der Waals surface area contributed by atoms with Crippen LogP contribution in [0.2, 0.25) is 0 Å². The van der Waals surface area contributed by atoms with E-state index in [0.29, 0.717) is 0 Å². The second-order valence-corrected chi connectivity index (χ2v) is 10.5. The molecule has 5 aromatic carbocycles. The third kappa shape index (κ3) is 5.61. The molecule has 196 valence electrons. The van der Waals surface area contributed by atoms with Crippen molar-refractivity contribution in [3.8, 4) is 0 Å². The van der Waals surface area contributed by atoms with Crippen molar-refractivity contribution >= 4 is 34.1 Å². The maximum atomic E-state index is 2.36. The number of anilines is 6. The van der Waals surface area contributed by atoms with Crippen LogP contribution < -0.4 is 9.80 Å². The lowest BCUT2D eigenvalue weighted by molar-refractivity contribution is 0.439. The summed E-state index contributed by atoms with van der Waals surface area (Å²) in [6.45, 7) is 9.05. The quantitative estimate of drug-likeness (QED) is 0.194. The number of hydrogen-bond donors (Lipinski definition) is 0. The molecule has 0 N–H and O–H groups in total. The highest BCUT2D eigenvalue weighted by atomic mass is 15.2. The molecule has 0 radical (unpaired) electrons. The van der Waals surface area contributed by atoms with E-state index in [2.05, 4.69) is 171 Å². The van der Waals surface area contributed by atoms with Gasteiger partial charge in [0.15, 0.2) is 0 Å². The van der Waals surface area contributed by atoms with E-state index in [4.69, 9.17) is 0 Å². The summed E-state index contributed by atoms with van der Waals surface area (Å²) >= 11 is 0. The van der Waals surface area contributed by atoms with Crippen molar-refractivity contribution in [1.29, 1.82) is 0 Å². The van der Waals surface area contributed by atoms with Crippen LogP contribution in [-0.2, 0) is 5.41 Å². The zero-order chi connectivity index (χ0) is 27.2. The van der Waals surface area contributed by atoms with E-state index >= 15 is 0 Å². The highest BCUT2D eigenvalue weighted by Gasteiger charge is 2.23. The molecule has 0 saturated heterocycles. The van der Waals surface area contributed by atoms with Crippen LogP contribution in [-0.4, -0.2) is 0 Å². The molecule has 0 bridgehead atoms. The first kappa shape index (κ1) is 26.3. The van der Waals surface area contributed by atoms with Gasteiger partial charge < -0.3 is 9.80 Å². The Hall–Kier alpha value is -4.30. The zero-order valence-electron chi connectivity index (χ0n) is 23.5. The standard InChI is InChI=1S/C37H38N2/c1-5-37(4,6-2)30-19-23-34(24-20-30)39(32-15-11-8-12-16-32)36-27-25-35(26-28-36)38(31-13-9-7-10-14-31)33-21-17-29(3)18-22-33/h7-28H,5-6H2,1-4H3. The maximum absolute atomic E-state index is 2.36. The maximum Gasteiger partial charge on any atom is 0.0463 e. The molecular formula is C37H38N2. The Bertz CT molecular complexity index is 1450. The van der Waals surface area contributed by atoms with E-state index < -0.39 is 0 Å². The minimum atomic E-state index is 0.203. The van der Waals surface area contributed by atoms with Crippen LogP contribution in [0.3, 0.4) is 0 Å². The molecule has 2 nitrogen and oxygen atoms in total. The van der Waals surface area contributed by atoms with E-state index in [1.807, 2.05) is 0 Å². The summed E-state index contributed by atoms with van der Waals surface area (Å²) in [6.07, 6.45) is 2.26. The minimum Gasteiger partial charge on any atom is -0.311 e. The minimum absolute atomic E-state index is 0.203. The molecule has 39 heavy (non-hydrogen) atoms. The van der Waals surface area contributed by atoms with Crippen LogP contribution >= 0.6 is 0 Å². The predicted octanol–water partition coefficient (Wildman–Crippen LogP) is 11.0. The van der Waals surface area contributed by atoms with E-state index in [0.717, 1.165) is 47.0 Å². The Labute approximate surface area is 234 Å². The highest BCUT2D eigenvalue weighted by Crippen LogP contribution is 2.40. The molecule has 2 heteroatoms. The number of aryl methyl sites for hydroxylation is 1. The van der Waals surface area contributed by atoms with E-state index in [9.17, 15) is 0 Å². The summed E-state index contributed by atoms with van der Waals surface area (Å²) in [5.41, 5.74) is 9.69. The zero-order valence-corrected chi connectivity index (χ0v) is 23.5. The van der Waals surface area contributed by atoms with Crippen molar-refractivity contribution in [2.45, 2.75) is 46.0 Å². The van der Waals surface area contributed by atoms with E-state index in [1.165, 1.54) is 11.1 Å². The molecule has 5 aromatic rings. The van der Waals surface area contributed by atoms with Gasteiger partial charge in [-0.25, -0.2) is 0 Å². The average Bonchev–Trinajstić information content (AvgIpc) is 3.00. The third-order valence-electron chi connectivity index (χ3n) is 8.07. The van der Waals surface area contributed by atoms with Crippen molar-refractivity contribution in [1.82, 2.24) is 0 Å².